The van der Waals surface area contributed by atoms with E-state index in [0.29, 0.717) is 0 Å². The molecule has 2 heteroatoms. The lowest BCUT2D eigenvalue weighted by Gasteiger charge is -1.98. The summed E-state index contributed by atoms with van der Waals surface area (Å²) >= 11 is 0. The van der Waals surface area contributed by atoms with Gasteiger partial charge in [-0.2, -0.15) is 0 Å². The van der Waals surface area contributed by atoms with Crippen molar-refractivity contribution in [3.63, 3.8) is 0 Å². The van der Waals surface area contributed by atoms with Gasteiger partial charge >= 0.3 is 0 Å². The lowest BCUT2D eigenvalue weighted by atomic mass is 10.8. The molecule has 40 valence electrons. The van der Waals surface area contributed by atoms with E-state index in [0.717, 1.165) is 0 Å². The first-order chi connectivity index (χ1) is 3.27. The Labute approximate surface area is 42.7 Å². The maximum Gasteiger partial charge on any atom is 0.194 e. The van der Waals surface area contributed by atoms with Crippen LogP contribution < -0.4 is 0 Å². The minimum absolute atomic E-state index is 0.755. The Morgan fingerprint density at radius 2 is 2.57 bits per heavy atom. The summed E-state index contributed by atoms with van der Waals surface area (Å²) in [6, 6.07) is 0. The van der Waals surface area contributed by atoms with Gasteiger partial charge in [0.05, 0.1) is 0 Å². The van der Waals surface area contributed by atoms with Crippen LogP contribution in [-0.2, 0) is 4.74 Å². The number of hydrogen-bond acceptors (Lipinski definition) is 2. The van der Waals surface area contributed by atoms with Crippen LogP contribution in [0.3, 0.4) is 0 Å². The van der Waals surface area contributed by atoms with E-state index in [-0.39, 0.29) is 0 Å². The average Bonchev–Trinajstić information content (AvgIpc) is 1.61. The van der Waals surface area contributed by atoms with Gasteiger partial charge in [0.2, 0.25) is 0 Å². The number of aliphatic hydroxyl groups excluding tert-OH is 1. The van der Waals surface area contributed by atoms with Crippen LogP contribution in [0.5, 0.6) is 0 Å². The first-order valence-electron chi connectivity index (χ1n) is 1.95. The Morgan fingerprint density at radius 3 is 2.71 bits per heavy atom. The van der Waals surface area contributed by atoms with Gasteiger partial charge in [-0.05, 0) is 6.92 Å². The SMILES string of the molecule is C=C=COC(C)O. The molecule has 0 aliphatic heterocycles. The molecule has 0 aromatic heterocycles. The number of ether oxygens (including phenoxy) is 1. The molecule has 0 saturated carbocycles. The second kappa shape index (κ2) is 3.47. The Bertz CT molecular complexity index is 80.1. The fourth-order valence-electron chi connectivity index (χ4n) is 0.147. The van der Waals surface area contributed by atoms with Gasteiger partial charge in [-0.1, -0.05) is 12.3 Å². The number of aliphatic hydroxyl groups is 1. The molecule has 0 spiro atoms. The second-order valence-electron chi connectivity index (χ2n) is 1.06. The summed E-state index contributed by atoms with van der Waals surface area (Å²) in [6.07, 6.45) is 0.458. The standard InChI is InChI=1S/C5H8O2/c1-3-4-7-5(2)6/h4-6H,1H2,2H3. The molecule has 0 radical (unpaired) electrons. The Morgan fingerprint density at radius 1 is 2.00 bits per heavy atom. The van der Waals surface area contributed by atoms with E-state index in [2.05, 4.69) is 17.0 Å². The fourth-order valence-corrected chi connectivity index (χ4v) is 0.147. The topological polar surface area (TPSA) is 29.5 Å². The lowest BCUT2D eigenvalue weighted by Crippen LogP contribution is -1.98. The van der Waals surface area contributed by atoms with Crippen molar-refractivity contribution in [2.45, 2.75) is 13.2 Å². The zero-order valence-electron chi connectivity index (χ0n) is 4.22. The molecule has 0 fully saturated rings. The first kappa shape index (κ1) is 6.28. The maximum atomic E-state index is 8.36. The van der Waals surface area contributed by atoms with Gasteiger partial charge in [-0.15, -0.1) is 0 Å². The normalized spacial score (nSPS) is 11.7. The zero-order chi connectivity index (χ0) is 5.70. The van der Waals surface area contributed by atoms with E-state index >= 15 is 0 Å². The van der Waals surface area contributed by atoms with Crippen LogP contribution in [0.25, 0.3) is 0 Å². The van der Waals surface area contributed by atoms with E-state index in [1.165, 1.54) is 13.2 Å². The summed E-state index contributed by atoms with van der Waals surface area (Å²) in [4.78, 5) is 0. The average molecular weight is 100 g/mol. The molecule has 0 aliphatic carbocycles. The minimum Gasteiger partial charge on any atom is -0.465 e. The van der Waals surface area contributed by atoms with Crippen molar-refractivity contribution in [2.75, 3.05) is 0 Å². The summed E-state index contributed by atoms with van der Waals surface area (Å²) in [6.45, 7) is 4.72. The fraction of sp³-hybridized carbons (Fsp3) is 0.400. The van der Waals surface area contributed by atoms with Crippen LogP contribution in [0.1, 0.15) is 6.92 Å². The van der Waals surface area contributed by atoms with Gasteiger partial charge in [0.15, 0.2) is 6.29 Å². The quantitative estimate of drug-likeness (QED) is 0.313. The third-order valence-electron chi connectivity index (χ3n) is 0.348. The van der Waals surface area contributed by atoms with Crippen LogP contribution in [0.4, 0.5) is 0 Å². The highest BCUT2D eigenvalue weighted by molar-refractivity contribution is 4.63. The molecule has 0 heterocycles. The maximum absolute atomic E-state index is 8.36. The molecule has 0 bridgehead atoms. The van der Waals surface area contributed by atoms with Crippen molar-refractivity contribution in [1.29, 1.82) is 0 Å². The largest absolute Gasteiger partial charge is 0.465 e. The van der Waals surface area contributed by atoms with Crippen LogP contribution in [0.2, 0.25) is 0 Å². The Kier molecular flexibility index (Phi) is 3.11. The third kappa shape index (κ3) is 5.28. The molecule has 0 amide bonds. The zero-order valence-corrected chi connectivity index (χ0v) is 4.22. The summed E-state index contributed by atoms with van der Waals surface area (Å²) in [5.74, 6) is 0. The van der Waals surface area contributed by atoms with E-state index < -0.39 is 6.29 Å². The van der Waals surface area contributed by atoms with Gasteiger partial charge < -0.3 is 9.84 Å². The van der Waals surface area contributed by atoms with Gasteiger partial charge in [0.1, 0.15) is 6.26 Å². The number of hydrogen-bond donors (Lipinski definition) is 1. The molecular formula is C5H8O2. The molecule has 1 unspecified atom stereocenters. The van der Waals surface area contributed by atoms with Crippen molar-refractivity contribution in [3.05, 3.63) is 18.6 Å². The van der Waals surface area contributed by atoms with Gasteiger partial charge in [0, 0.05) is 0 Å². The van der Waals surface area contributed by atoms with Crippen molar-refractivity contribution in [2.24, 2.45) is 0 Å². The lowest BCUT2D eigenvalue weighted by molar-refractivity contribution is -0.0347. The summed E-state index contributed by atoms with van der Waals surface area (Å²) < 4.78 is 4.45. The van der Waals surface area contributed by atoms with Crippen molar-refractivity contribution in [1.82, 2.24) is 0 Å². The second-order valence-corrected chi connectivity index (χ2v) is 1.06. The molecule has 0 aliphatic rings. The van der Waals surface area contributed by atoms with E-state index in [1.807, 2.05) is 0 Å². The smallest absolute Gasteiger partial charge is 0.194 e. The van der Waals surface area contributed by atoms with Gasteiger partial charge in [-0.3, -0.25) is 0 Å². The van der Waals surface area contributed by atoms with Crippen molar-refractivity contribution >= 4 is 0 Å². The predicted molar refractivity (Wildman–Crippen MR) is 26.5 cm³/mol. The molecule has 0 rings (SSSR count). The van der Waals surface area contributed by atoms with E-state index in [9.17, 15) is 0 Å². The Balaban J connectivity index is 3.13. The van der Waals surface area contributed by atoms with Gasteiger partial charge in [-0.25, -0.2) is 0 Å². The molecule has 2 nitrogen and oxygen atoms in total. The summed E-state index contributed by atoms with van der Waals surface area (Å²) in [5.41, 5.74) is 2.34. The minimum atomic E-state index is -0.755. The highest BCUT2D eigenvalue weighted by Gasteiger charge is 1.83. The van der Waals surface area contributed by atoms with Gasteiger partial charge in [0.25, 0.3) is 0 Å². The van der Waals surface area contributed by atoms with Crippen LogP contribution >= 0.6 is 0 Å². The summed E-state index contributed by atoms with van der Waals surface area (Å²) in [5, 5.41) is 8.36. The molecule has 0 saturated heterocycles. The predicted octanol–water partition coefficient (Wildman–Crippen LogP) is 0.640. The molecule has 1 N–H and O–H groups in total. The first-order valence-corrected chi connectivity index (χ1v) is 1.95. The van der Waals surface area contributed by atoms with Crippen LogP contribution in [0, 0.1) is 0 Å². The third-order valence-corrected chi connectivity index (χ3v) is 0.348. The molecule has 0 aromatic rings. The Hall–Kier alpha value is -0.720. The molecule has 7 heavy (non-hydrogen) atoms. The van der Waals surface area contributed by atoms with E-state index in [1.54, 1.807) is 0 Å². The van der Waals surface area contributed by atoms with Crippen molar-refractivity contribution in [3.8, 4) is 0 Å². The highest BCUT2D eigenvalue weighted by atomic mass is 16.6. The highest BCUT2D eigenvalue weighted by Crippen LogP contribution is 1.80. The van der Waals surface area contributed by atoms with E-state index in [4.69, 9.17) is 5.11 Å². The van der Waals surface area contributed by atoms with Crippen LogP contribution in [-0.4, -0.2) is 11.4 Å². The monoisotopic (exact) mass is 100 g/mol. The van der Waals surface area contributed by atoms with Crippen molar-refractivity contribution < 1.29 is 9.84 Å². The molecule has 0 aromatic carbocycles. The molecular weight excluding hydrogens is 92.1 g/mol. The summed E-state index contributed by atoms with van der Waals surface area (Å²) in [7, 11) is 0. The van der Waals surface area contributed by atoms with Crippen LogP contribution in [0.15, 0.2) is 18.6 Å². The molecule has 1 atom stereocenters. The number of rotatable bonds is 2.